The third-order valence-electron chi connectivity index (χ3n) is 4.33. The van der Waals surface area contributed by atoms with E-state index in [9.17, 15) is 9.59 Å². The number of benzene rings is 3. The first kappa shape index (κ1) is 20.0. The van der Waals surface area contributed by atoms with Gasteiger partial charge in [0, 0.05) is 17.3 Å². The monoisotopic (exact) mass is 439 g/mol. The first-order chi connectivity index (χ1) is 14.5. The van der Waals surface area contributed by atoms with Crippen LogP contribution in [0.1, 0.15) is 0 Å². The molecule has 0 unspecified atom stereocenters. The number of fused-ring (bicyclic) bond motifs is 1. The van der Waals surface area contributed by atoms with E-state index in [-0.39, 0.29) is 17.9 Å². The highest BCUT2D eigenvalue weighted by atomic mass is 35.5. The van der Waals surface area contributed by atoms with Gasteiger partial charge >= 0.3 is 0 Å². The Morgan fingerprint density at radius 1 is 0.933 bits per heavy atom. The van der Waals surface area contributed by atoms with Crippen LogP contribution in [0, 0.1) is 0 Å². The molecule has 0 spiro atoms. The summed E-state index contributed by atoms with van der Waals surface area (Å²) in [5.74, 6) is 0.495. The second-order valence-corrected chi connectivity index (χ2v) is 7.28. The molecule has 1 heterocycles. The van der Waals surface area contributed by atoms with Gasteiger partial charge in [0.2, 0.25) is 0 Å². The van der Waals surface area contributed by atoms with Crippen LogP contribution < -0.4 is 15.5 Å². The predicted octanol–water partition coefficient (Wildman–Crippen LogP) is 5.78. The van der Waals surface area contributed by atoms with E-state index in [1.165, 1.54) is 6.07 Å². The smallest absolute Gasteiger partial charge is 0.262 e. The maximum Gasteiger partial charge on any atom is 0.262 e. The van der Waals surface area contributed by atoms with Crippen molar-refractivity contribution in [1.82, 2.24) is 0 Å². The molecular weight excluding hydrogens is 425 g/mol. The number of rotatable bonds is 5. The van der Waals surface area contributed by atoms with Crippen molar-refractivity contribution in [3.05, 3.63) is 93.1 Å². The minimum Gasteiger partial charge on any atom is -0.484 e. The van der Waals surface area contributed by atoms with Crippen LogP contribution >= 0.6 is 23.2 Å². The zero-order valence-corrected chi connectivity index (χ0v) is 17.0. The van der Waals surface area contributed by atoms with Crippen LogP contribution in [0.5, 0.6) is 5.75 Å². The summed E-state index contributed by atoms with van der Waals surface area (Å²) in [6.45, 7) is -0.237. The highest BCUT2D eigenvalue weighted by molar-refractivity contribution is 6.42. The van der Waals surface area contributed by atoms with Gasteiger partial charge in [-0.15, -0.1) is 0 Å². The molecule has 150 valence electrons. The quantitative estimate of drug-likeness (QED) is 0.427. The van der Waals surface area contributed by atoms with Gasteiger partial charge < -0.3 is 14.5 Å². The second-order valence-electron chi connectivity index (χ2n) is 6.46. The Hall–Kier alpha value is -3.28. The molecule has 0 aliphatic rings. The fourth-order valence-electron chi connectivity index (χ4n) is 2.89. The molecule has 1 amide bonds. The van der Waals surface area contributed by atoms with Crippen molar-refractivity contribution in [1.29, 1.82) is 0 Å². The van der Waals surface area contributed by atoms with Gasteiger partial charge in [-0.1, -0.05) is 53.5 Å². The lowest BCUT2D eigenvalue weighted by molar-refractivity contribution is -0.118. The number of halogens is 2. The molecule has 0 fully saturated rings. The van der Waals surface area contributed by atoms with E-state index in [1.807, 2.05) is 30.3 Å². The van der Waals surface area contributed by atoms with E-state index in [1.54, 1.807) is 36.4 Å². The zero-order valence-electron chi connectivity index (χ0n) is 15.5. The molecule has 0 saturated carbocycles. The number of hydrogen-bond acceptors (Lipinski definition) is 4. The van der Waals surface area contributed by atoms with Crippen LogP contribution in [0.4, 0.5) is 5.69 Å². The maximum absolute atomic E-state index is 12.5. The molecule has 3 aromatic carbocycles. The zero-order chi connectivity index (χ0) is 21.1. The largest absolute Gasteiger partial charge is 0.484 e. The number of carbonyl (C=O) groups is 1. The van der Waals surface area contributed by atoms with Crippen LogP contribution in [0.3, 0.4) is 0 Å². The number of amides is 1. The van der Waals surface area contributed by atoms with Gasteiger partial charge in [-0.2, -0.15) is 0 Å². The van der Waals surface area contributed by atoms with E-state index in [0.717, 1.165) is 5.56 Å². The van der Waals surface area contributed by atoms with Gasteiger partial charge in [0.15, 0.2) is 12.0 Å². The molecule has 1 N–H and O–H groups in total. The SMILES string of the molecule is O=C(COc1ccc2oc(-c3ccccc3)cc(=O)c2c1)Nc1ccc(Cl)c(Cl)c1. The van der Waals surface area contributed by atoms with E-state index in [2.05, 4.69) is 5.32 Å². The first-order valence-electron chi connectivity index (χ1n) is 9.00. The van der Waals surface area contributed by atoms with Crippen molar-refractivity contribution < 1.29 is 13.9 Å². The van der Waals surface area contributed by atoms with Crippen molar-refractivity contribution in [2.75, 3.05) is 11.9 Å². The average molecular weight is 440 g/mol. The number of carbonyl (C=O) groups excluding carboxylic acids is 1. The predicted molar refractivity (Wildman–Crippen MR) is 119 cm³/mol. The molecule has 0 saturated heterocycles. The third-order valence-corrected chi connectivity index (χ3v) is 5.07. The molecule has 4 aromatic rings. The van der Waals surface area contributed by atoms with Gasteiger partial charge in [0.25, 0.3) is 5.91 Å². The van der Waals surface area contributed by atoms with Crippen LogP contribution in [0.25, 0.3) is 22.3 Å². The molecule has 4 rings (SSSR count). The van der Waals surface area contributed by atoms with Crippen LogP contribution in [0.15, 0.2) is 82.0 Å². The minimum absolute atomic E-state index is 0.194. The summed E-state index contributed by atoms with van der Waals surface area (Å²) in [5, 5.41) is 3.78. The Bertz CT molecular complexity index is 1290. The van der Waals surface area contributed by atoms with Crippen molar-refractivity contribution in [3.8, 4) is 17.1 Å². The lowest BCUT2D eigenvalue weighted by Gasteiger charge is -2.09. The second kappa shape index (κ2) is 8.61. The summed E-state index contributed by atoms with van der Waals surface area (Å²) in [4.78, 5) is 24.7. The minimum atomic E-state index is -0.375. The summed E-state index contributed by atoms with van der Waals surface area (Å²) < 4.78 is 11.4. The third kappa shape index (κ3) is 4.48. The molecule has 7 heteroatoms. The standard InChI is InChI=1S/C23H15Cl2NO4/c24-18-8-6-15(10-19(18)25)26-23(28)13-29-16-7-9-21-17(11-16)20(27)12-22(30-21)14-4-2-1-3-5-14/h1-12H,13H2,(H,26,28). The topological polar surface area (TPSA) is 68.5 Å². The number of hydrogen-bond donors (Lipinski definition) is 1. The van der Waals surface area contributed by atoms with Gasteiger partial charge in [0.1, 0.15) is 17.1 Å². The normalized spacial score (nSPS) is 10.7. The molecular formula is C23H15Cl2NO4. The van der Waals surface area contributed by atoms with Gasteiger partial charge in [-0.05, 0) is 36.4 Å². The molecule has 0 radical (unpaired) electrons. The van der Waals surface area contributed by atoms with Crippen LogP contribution in [0.2, 0.25) is 10.0 Å². The van der Waals surface area contributed by atoms with E-state index < -0.39 is 0 Å². The number of ether oxygens (including phenoxy) is 1. The summed E-state index contributed by atoms with van der Waals surface area (Å²) in [6.07, 6.45) is 0. The Kier molecular flexibility index (Phi) is 5.74. The molecule has 0 aliphatic carbocycles. The average Bonchev–Trinajstić information content (AvgIpc) is 2.75. The summed E-state index contributed by atoms with van der Waals surface area (Å²) >= 11 is 11.8. The summed E-state index contributed by atoms with van der Waals surface area (Å²) in [7, 11) is 0. The van der Waals surface area contributed by atoms with Crippen LogP contribution in [-0.2, 0) is 4.79 Å². The Morgan fingerprint density at radius 2 is 1.73 bits per heavy atom. The van der Waals surface area contributed by atoms with E-state index in [4.69, 9.17) is 32.4 Å². The van der Waals surface area contributed by atoms with E-state index in [0.29, 0.717) is 38.2 Å². The van der Waals surface area contributed by atoms with Gasteiger partial charge in [0.05, 0.1) is 15.4 Å². The van der Waals surface area contributed by atoms with Crippen molar-refractivity contribution in [3.63, 3.8) is 0 Å². The van der Waals surface area contributed by atoms with Crippen LogP contribution in [-0.4, -0.2) is 12.5 Å². The highest BCUT2D eigenvalue weighted by Crippen LogP contribution is 2.26. The van der Waals surface area contributed by atoms with Gasteiger partial charge in [-0.25, -0.2) is 0 Å². The van der Waals surface area contributed by atoms with Crippen molar-refractivity contribution in [2.24, 2.45) is 0 Å². The molecule has 1 aromatic heterocycles. The molecule has 30 heavy (non-hydrogen) atoms. The highest BCUT2D eigenvalue weighted by Gasteiger charge is 2.10. The molecule has 0 bridgehead atoms. The Morgan fingerprint density at radius 3 is 2.50 bits per heavy atom. The molecule has 0 aliphatic heterocycles. The maximum atomic E-state index is 12.5. The van der Waals surface area contributed by atoms with E-state index >= 15 is 0 Å². The number of nitrogens with one attached hydrogen (secondary N) is 1. The number of anilines is 1. The lowest BCUT2D eigenvalue weighted by atomic mass is 10.1. The Balaban J connectivity index is 1.48. The first-order valence-corrected chi connectivity index (χ1v) is 9.76. The lowest BCUT2D eigenvalue weighted by Crippen LogP contribution is -2.20. The fourth-order valence-corrected chi connectivity index (χ4v) is 3.19. The molecule has 0 atom stereocenters. The summed E-state index contributed by atoms with van der Waals surface area (Å²) in [6, 6.07) is 20.4. The van der Waals surface area contributed by atoms with Gasteiger partial charge in [-0.3, -0.25) is 9.59 Å². The van der Waals surface area contributed by atoms with Crippen molar-refractivity contribution in [2.45, 2.75) is 0 Å². The van der Waals surface area contributed by atoms with Crippen molar-refractivity contribution >= 4 is 45.8 Å². The molecule has 5 nitrogen and oxygen atoms in total. The fraction of sp³-hybridized carbons (Fsp3) is 0.0435. The Labute approximate surface area is 181 Å². The summed E-state index contributed by atoms with van der Waals surface area (Å²) in [5.41, 5.74) is 1.57.